The Kier molecular flexibility index (Phi) is 10.0. The number of ether oxygens (including phenoxy) is 2. The molecule has 0 aliphatic rings. The summed E-state index contributed by atoms with van der Waals surface area (Å²) >= 11 is 0. The second-order valence-corrected chi connectivity index (χ2v) is 12.6. The molecule has 0 heterocycles. The molecule has 0 bridgehead atoms. The van der Waals surface area contributed by atoms with Gasteiger partial charge in [0, 0.05) is 12.1 Å². The molecule has 0 saturated heterocycles. The SMILES string of the molecule is COc1ccc(CN(C(=O)CN(c2ccccc2OC)S(=O)(=O)c2ccc(C)cc2)[C@H](C)C(=O)NC(C)(C)C)cc1. The van der Waals surface area contributed by atoms with Crippen LogP contribution in [-0.4, -0.2) is 57.5 Å². The van der Waals surface area contributed by atoms with E-state index in [0.29, 0.717) is 5.75 Å². The van der Waals surface area contributed by atoms with Crippen LogP contribution in [-0.2, 0) is 26.2 Å². The van der Waals surface area contributed by atoms with Gasteiger partial charge < -0.3 is 19.7 Å². The molecular weight excluding hydrogens is 542 g/mol. The van der Waals surface area contributed by atoms with Gasteiger partial charge in [0.15, 0.2) is 0 Å². The summed E-state index contributed by atoms with van der Waals surface area (Å²) < 4.78 is 39.7. The van der Waals surface area contributed by atoms with Gasteiger partial charge in [-0.05, 0) is 76.6 Å². The van der Waals surface area contributed by atoms with Crippen molar-refractivity contribution in [2.24, 2.45) is 0 Å². The molecule has 0 aliphatic heterocycles. The second kappa shape index (κ2) is 13.1. The molecule has 41 heavy (non-hydrogen) atoms. The normalized spacial score (nSPS) is 12.3. The summed E-state index contributed by atoms with van der Waals surface area (Å²) in [6.07, 6.45) is 0. The number of hydrogen-bond donors (Lipinski definition) is 1. The number of carbonyl (C=O) groups is 2. The van der Waals surface area contributed by atoms with Crippen LogP contribution < -0.4 is 19.1 Å². The second-order valence-electron chi connectivity index (χ2n) is 10.8. The van der Waals surface area contributed by atoms with Crippen LogP contribution in [0, 0.1) is 6.92 Å². The summed E-state index contributed by atoms with van der Waals surface area (Å²) in [5, 5.41) is 2.92. The van der Waals surface area contributed by atoms with Gasteiger partial charge in [0.1, 0.15) is 24.1 Å². The third kappa shape index (κ3) is 8.00. The number of nitrogens with one attached hydrogen (secondary N) is 1. The molecule has 0 fully saturated rings. The lowest BCUT2D eigenvalue weighted by atomic mass is 10.1. The first kappa shape index (κ1) is 31.5. The molecule has 9 nitrogen and oxygen atoms in total. The molecule has 0 radical (unpaired) electrons. The molecule has 0 aromatic heterocycles. The zero-order chi connectivity index (χ0) is 30.4. The van der Waals surface area contributed by atoms with Crippen LogP contribution in [0.2, 0.25) is 0 Å². The van der Waals surface area contributed by atoms with Crippen LogP contribution in [0.1, 0.15) is 38.8 Å². The number of anilines is 1. The number of methoxy groups -OCH3 is 2. The van der Waals surface area contributed by atoms with Crippen molar-refractivity contribution in [3.8, 4) is 11.5 Å². The van der Waals surface area contributed by atoms with E-state index in [0.717, 1.165) is 15.4 Å². The van der Waals surface area contributed by atoms with Gasteiger partial charge in [-0.25, -0.2) is 8.42 Å². The molecule has 220 valence electrons. The molecule has 1 N–H and O–H groups in total. The average Bonchev–Trinajstić information content (AvgIpc) is 2.93. The van der Waals surface area contributed by atoms with Gasteiger partial charge in [-0.1, -0.05) is 42.0 Å². The van der Waals surface area contributed by atoms with E-state index in [9.17, 15) is 18.0 Å². The van der Waals surface area contributed by atoms with Gasteiger partial charge in [0.25, 0.3) is 10.0 Å². The minimum atomic E-state index is -4.20. The number of para-hydroxylation sites is 2. The van der Waals surface area contributed by atoms with Crippen molar-refractivity contribution >= 4 is 27.5 Å². The van der Waals surface area contributed by atoms with Crippen molar-refractivity contribution in [1.29, 1.82) is 0 Å². The zero-order valence-electron chi connectivity index (χ0n) is 24.7. The minimum absolute atomic E-state index is 0.0297. The highest BCUT2D eigenvalue weighted by Crippen LogP contribution is 2.32. The van der Waals surface area contributed by atoms with Crippen LogP contribution in [0.5, 0.6) is 11.5 Å². The summed E-state index contributed by atoms with van der Waals surface area (Å²) in [5.41, 5.74) is 1.33. The van der Waals surface area contributed by atoms with Crippen LogP contribution in [0.4, 0.5) is 5.69 Å². The highest BCUT2D eigenvalue weighted by molar-refractivity contribution is 7.92. The van der Waals surface area contributed by atoms with Gasteiger partial charge >= 0.3 is 0 Å². The van der Waals surface area contributed by atoms with Crippen molar-refractivity contribution in [3.63, 3.8) is 0 Å². The van der Waals surface area contributed by atoms with Crippen molar-refractivity contribution in [1.82, 2.24) is 10.2 Å². The van der Waals surface area contributed by atoms with E-state index < -0.39 is 34.1 Å². The van der Waals surface area contributed by atoms with Gasteiger partial charge in [-0.3, -0.25) is 13.9 Å². The summed E-state index contributed by atoms with van der Waals surface area (Å²) in [4.78, 5) is 28.7. The Labute approximate surface area is 243 Å². The number of amides is 2. The Morgan fingerprint density at radius 2 is 1.51 bits per heavy atom. The monoisotopic (exact) mass is 581 g/mol. The third-order valence-electron chi connectivity index (χ3n) is 6.42. The highest BCUT2D eigenvalue weighted by atomic mass is 32.2. The largest absolute Gasteiger partial charge is 0.497 e. The molecule has 0 unspecified atom stereocenters. The lowest BCUT2D eigenvalue weighted by Crippen LogP contribution is -2.54. The molecule has 0 saturated carbocycles. The number of sulfonamides is 1. The van der Waals surface area contributed by atoms with E-state index in [4.69, 9.17) is 9.47 Å². The predicted octanol–water partition coefficient (Wildman–Crippen LogP) is 4.54. The standard InChI is InChI=1S/C31H39N3O6S/c1-22-12-18-26(19-13-22)41(37,38)34(27-10-8-9-11-28(27)40-7)21-29(35)33(23(2)30(36)32-31(3,4)5)20-24-14-16-25(39-6)17-15-24/h8-19,23H,20-21H2,1-7H3,(H,32,36)/t23-/m1/s1. The van der Waals surface area contributed by atoms with E-state index in [1.807, 2.05) is 27.7 Å². The molecule has 3 aromatic rings. The Balaban J connectivity index is 2.07. The van der Waals surface area contributed by atoms with Crippen molar-refractivity contribution in [2.45, 2.75) is 57.6 Å². The van der Waals surface area contributed by atoms with Crippen molar-refractivity contribution in [3.05, 3.63) is 83.9 Å². The molecule has 2 amide bonds. The maximum absolute atomic E-state index is 14.1. The summed E-state index contributed by atoms with van der Waals surface area (Å²) in [6, 6.07) is 19.2. The van der Waals surface area contributed by atoms with Crippen LogP contribution in [0.3, 0.4) is 0 Å². The number of benzene rings is 3. The highest BCUT2D eigenvalue weighted by Gasteiger charge is 2.34. The minimum Gasteiger partial charge on any atom is -0.497 e. The number of aryl methyl sites for hydroxylation is 1. The lowest BCUT2D eigenvalue weighted by molar-refractivity contribution is -0.140. The Hall–Kier alpha value is -4.05. The number of nitrogens with zero attached hydrogens (tertiary/aromatic N) is 2. The Bertz CT molecular complexity index is 1450. The van der Waals surface area contributed by atoms with Crippen molar-refractivity contribution in [2.75, 3.05) is 25.1 Å². The van der Waals surface area contributed by atoms with E-state index >= 15 is 0 Å². The predicted molar refractivity (Wildman–Crippen MR) is 160 cm³/mol. The first-order chi connectivity index (χ1) is 19.3. The topological polar surface area (TPSA) is 105 Å². The maximum atomic E-state index is 14.1. The molecule has 0 aliphatic carbocycles. The average molecular weight is 582 g/mol. The maximum Gasteiger partial charge on any atom is 0.264 e. The lowest BCUT2D eigenvalue weighted by Gasteiger charge is -2.33. The zero-order valence-corrected chi connectivity index (χ0v) is 25.5. The summed E-state index contributed by atoms with van der Waals surface area (Å²) in [7, 11) is -1.20. The number of hydrogen-bond acceptors (Lipinski definition) is 6. The van der Waals surface area contributed by atoms with Crippen molar-refractivity contribution < 1.29 is 27.5 Å². The Morgan fingerprint density at radius 3 is 2.07 bits per heavy atom. The smallest absolute Gasteiger partial charge is 0.264 e. The van der Waals surface area contributed by atoms with E-state index in [1.54, 1.807) is 74.7 Å². The van der Waals surface area contributed by atoms with Crippen LogP contribution in [0.15, 0.2) is 77.7 Å². The first-order valence-electron chi connectivity index (χ1n) is 13.2. The Morgan fingerprint density at radius 1 is 0.902 bits per heavy atom. The van der Waals surface area contributed by atoms with Gasteiger partial charge in [-0.2, -0.15) is 0 Å². The van der Waals surface area contributed by atoms with E-state index in [2.05, 4.69) is 5.32 Å². The fraction of sp³-hybridized carbons (Fsp3) is 0.355. The molecule has 3 aromatic carbocycles. The first-order valence-corrected chi connectivity index (χ1v) is 14.7. The van der Waals surface area contributed by atoms with Gasteiger partial charge in [-0.15, -0.1) is 0 Å². The van der Waals surface area contributed by atoms with E-state index in [-0.39, 0.29) is 28.8 Å². The van der Waals surface area contributed by atoms with Crippen LogP contribution >= 0.6 is 0 Å². The quantitative estimate of drug-likeness (QED) is 0.357. The number of rotatable bonds is 11. The summed E-state index contributed by atoms with van der Waals surface area (Å²) in [5.74, 6) is 0.0245. The van der Waals surface area contributed by atoms with E-state index in [1.165, 1.54) is 24.1 Å². The summed E-state index contributed by atoms with van der Waals surface area (Å²) in [6.45, 7) is 8.57. The molecule has 3 rings (SSSR count). The van der Waals surface area contributed by atoms with Gasteiger partial charge in [0.2, 0.25) is 11.8 Å². The molecule has 10 heteroatoms. The molecular formula is C31H39N3O6S. The fourth-order valence-electron chi connectivity index (χ4n) is 4.17. The molecule has 0 spiro atoms. The molecule has 1 atom stereocenters. The third-order valence-corrected chi connectivity index (χ3v) is 8.19. The number of carbonyl (C=O) groups excluding carboxylic acids is 2. The fourth-order valence-corrected chi connectivity index (χ4v) is 5.60. The van der Waals surface area contributed by atoms with Gasteiger partial charge in [0.05, 0.1) is 24.8 Å². The van der Waals surface area contributed by atoms with Crippen LogP contribution in [0.25, 0.3) is 0 Å².